The standard InChI is InChI=1S/C14H19FO3/c1-10(2)6-7-18-9-13(16)11-4-5-14(17-3)12(15)8-11/h4-5,8,10H,6-7,9H2,1-3H3. The number of hydrogen-bond donors (Lipinski definition) is 0. The number of hydrogen-bond acceptors (Lipinski definition) is 3. The summed E-state index contributed by atoms with van der Waals surface area (Å²) in [7, 11) is 1.38. The normalized spacial score (nSPS) is 10.7. The number of ketones is 1. The molecule has 0 aliphatic rings. The van der Waals surface area contributed by atoms with Crippen molar-refractivity contribution in [1.82, 2.24) is 0 Å². The Balaban J connectivity index is 2.49. The molecule has 0 aromatic heterocycles. The second kappa shape index (κ2) is 7.11. The van der Waals surface area contributed by atoms with Crippen molar-refractivity contribution in [3.63, 3.8) is 0 Å². The van der Waals surface area contributed by atoms with E-state index in [1.54, 1.807) is 0 Å². The molecule has 0 saturated carbocycles. The average Bonchev–Trinajstić information content (AvgIpc) is 2.34. The van der Waals surface area contributed by atoms with E-state index >= 15 is 0 Å². The molecular formula is C14H19FO3. The predicted octanol–water partition coefficient (Wildman–Crippen LogP) is 3.08. The van der Waals surface area contributed by atoms with Crippen LogP contribution in [0.25, 0.3) is 0 Å². The van der Waals surface area contributed by atoms with Gasteiger partial charge in [-0.15, -0.1) is 0 Å². The Hall–Kier alpha value is -1.42. The number of ether oxygens (including phenoxy) is 2. The first-order chi connectivity index (χ1) is 8.54. The van der Waals surface area contributed by atoms with Gasteiger partial charge in [-0.05, 0) is 30.5 Å². The zero-order chi connectivity index (χ0) is 13.5. The van der Waals surface area contributed by atoms with Crippen LogP contribution in [-0.4, -0.2) is 26.1 Å². The van der Waals surface area contributed by atoms with E-state index in [-0.39, 0.29) is 18.1 Å². The first kappa shape index (κ1) is 14.6. The molecule has 0 aliphatic heterocycles. The number of rotatable bonds is 7. The topological polar surface area (TPSA) is 35.5 Å². The summed E-state index contributed by atoms with van der Waals surface area (Å²) >= 11 is 0. The van der Waals surface area contributed by atoms with Crippen LogP contribution < -0.4 is 4.74 Å². The number of halogens is 1. The molecule has 0 aliphatic carbocycles. The van der Waals surface area contributed by atoms with E-state index in [0.29, 0.717) is 18.1 Å². The average molecular weight is 254 g/mol. The molecule has 0 N–H and O–H groups in total. The number of Topliss-reactive ketones (excluding diaryl/α,β-unsaturated/α-hetero) is 1. The van der Waals surface area contributed by atoms with Crippen molar-refractivity contribution in [3.8, 4) is 5.75 Å². The third kappa shape index (κ3) is 4.45. The van der Waals surface area contributed by atoms with Gasteiger partial charge in [-0.3, -0.25) is 4.79 Å². The van der Waals surface area contributed by atoms with Crippen LogP contribution >= 0.6 is 0 Å². The molecule has 0 bridgehead atoms. The third-order valence-corrected chi connectivity index (χ3v) is 2.55. The van der Waals surface area contributed by atoms with Crippen LogP contribution in [-0.2, 0) is 4.74 Å². The van der Waals surface area contributed by atoms with Crippen LogP contribution in [0.5, 0.6) is 5.75 Å². The summed E-state index contributed by atoms with van der Waals surface area (Å²) in [5, 5.41) is 0. The fourth-order valence-electron chi connectivity index (χ4n) is 1.41. The molecule has 100 valence electrons. The first-order valence-corrected chi connectivity index (χ1v) is 5.99. The summed E-state index contributed by atoms with van der Waals surface area (Å²) in [6, 6.07) is 4.15. The number of methoxy groups -OCH3 is 1. The van der Waals surface area contributed by atoms with Crippen LogP contribution in [0.1, 0.15) is 30.6 Å². The van der Waals surface area contributed by atoms with Gasteiger partial charge in [-0.25, -0.2) is 4.39 Å². The minimum atomic E-state index is -0.537. The molecule has 3 nitrogen and oxygen atoms in total. The lowest BCUT2D eigenvalue weighted by atomic mass is 10.1. The van der Waals surface area contributed by atoms with Crippen LogP contribution in [0.4, 0.5) is 4.39 Å². The molecule has 18 heavy (non-hydrogen) atoms. The van der Waals surface area contributed by atoms with Crippen LogP contribution in [0.15, 0.2) is 18.2 Å². The fraction of sp³-hybridized carbons (Fsp3) is 0.500. The molecule has 1 rings (SSSR count). The lowest BCUT2D eigenvalue weighted by molar-refractivity contribution is 0.0739. The summed E-state index contributed by atoms with van der Waals surface area (Å²) in [4.78, 5) is 11.7. The Kier molecular flexibility index (Phi) is 5.78. The van der Waals surface area contributed by atoms with E-state index in [2.05, 4.69) is 13.8 Å². The van der Waals surface area contributed by atoms with Gasteiger partial charge in [0.2, 0.25) is 0 Å². The molecule has 0 amide bonds. The van der Waals surface area contributed by atoms with Gasteiger partial charge in [0.1, 0.15) is 6.61 Å². The minimum Gasteiger partial charge on any atom is -0.494 e. The van der Waals surface area contributed by atoms with E-state index < -0.39 is 5.82 Å². The quantitative estimate of drug-likeness (QED) is 0.554. The van der Waals surface area contributed by atoms with E-state index in [9.17, 15) is 9.18 Å². The maximum atomic E-state index is 13.4. The van der Waals surface area contributed by atoms with Crippen molar-refractivity contribution in [1.29, 1.82) is 0 Å². The van der Waals surface area contributed by atoms with Crippen molar-refractivity contribution in [2.24, 2.45) is 5.92 Å². The molecule has 0 atom stereocenters. The zero-order valence-electron chi connectivity index (χ0n) is 11.0. The molecule has 0 saturated heterocycles. The smallest absolute Gasteiger partial charge is 0.188 e. The summed E-state index contributed by atoms with van der Waals surface area (Å²) < 4.78 is 23.4. The van der Waals surface area contributed by atoms with Crippen LogP contribution in [0.2, 0.25) is 0 Å². The summed E-state index contributed by atoms with van der Waals surface area (Å²) in [5.41, 5.74) is 0.304. The number of benzene rings is 1. The highest BCUT2D eigenvalue weighted by Gasteiger charge is 2.10. The molecule has 0 spiro atoms. The minimum absolute atomic E-state index is 0.0154. The van der Waals surface area contributed by atoms with Gasteiger partial charge in [0.05, 0.1) is 7.11 Å². The predicted molar refractivity (Wildman–Crippen MR) is 67.6 cm³/mol. The van der Waals surface area contributed by atoms with E-state index in [1.165, 1.54) is 25.3 Å². The van der Waals surface area contributed by atoms with Gasteiger partial charge in [0, 0.05) is 12.2 Å². The maximum Gasteiger partial charge on any atom is 0.188 e. The van der Waals surface area contributed by atoms with Crippen molar-refractivity contribution in [3.05, 3.63) is 29.6 Å². The number of carbonyl (C=O) groups excluding carboxylic acids is 1. The molecule has 0 fully saturated rings. The number of carbonyl (C=O) groups is 1. The molecule has 1 aromatic rings. The second-order valence-electron chi connectivity index (χ2n) is 4.51. The van der Waals surface area contributed by atoms with E-state index in [0.717, 1.165) is 6.42 Å². The fourth-order valence-corrected chi connectivity index (χ4v) is 1.41. The van der Waals surface area contributed by atoms with Crippen LogP contribution in [0.3, 0.4) is 0 Å². The Bertz CT molecular complexity index is 402. The van der Waals surface area contributed by atoms with Gasteiger partial charge in [-0.2, -0.15) is 0 Å². The van der Waals surface area contributed by atoms with E-state index in [4.69, 9.17) is 9.47 Å². The Labute approximate surface area is 107 Å². The highest BCUT2D eigenvalue weighted by atomic mass is 19.1. The summed E-state index contributed by atoms with van der Waals surface area (Å²) in [6.45, 7) is 4.70. The van der Waals surface area contributed by atoms with E-state index in [1.807, 2.05) is 0 Å². The van der Waals surface area contributed by atoms with Gasteiger partial charge in [0.25, 0.3) is 0 Å². The monoisotopic (exact) mass is 254 g/mol. The Morgan fingerprint density at radius 2 is 2.11 bits per heavy atom. The maximum absolute atomic E-state index is 13.4. The lowest BCUT2D eigenvalue weighted by Crippen LogP contribution is -2.11. The van der Waals surface area contributed by atoms with Crippen molar-refractivity contribution >= 4 is 5.78 Å². The van der Waals surface area contributed by atoms with Crippen LogP contribution in [0, 0.1) is 11.7 Å². The van der Waals surface area contributed by atoms with Gasteiger partial charge < -0.3 is 9.47 Å². The zero-order valence-corrected chi connectivity index (χ0v) is 11.0. The molecular weight excluding hydrogens is 235 g/mol. The van der Waals surface area contributed by atoms with Crippen molar-refractivity contribution in [2.75, 3.05) is 20.3 Å². The van der Waals surface area contributed by atoms with Gasteiger partial charge in [0.15, 0.2) is 17.3 Å². The largest absolute Gasteiger partial charge is 0.494 e. The van der Waals surface area contributed by atoms with Crippen molar-refractivity contribution < 1.29 is 18.7 Å². The lowest BCUT2D eigenvalue weighted by Gasteiger charge is -2.07. The first-order valence-electron chi connectivity index (χ1n) is 5.99. The summed E-state index contributed by atoms with van der Waals surface area (Å²) in [5.74, 6) is -0.0864. The Morgan fingerprint density at radius 3 is 2.67 bits per heavy atom. The highest BCUT2D eigenvalue weighted by molar-refractivity contribution is 5.97. The second-order valence-corrected chi connectivity index (χ2v) is 4.51. The molecule has 4 heteroatoms. The summed E-state index contributed by atoms with van der Waals surface area (Å²) in [6.07, 6.45) is 0.907. The Morgan fingerprint density at radius 1 is 1.39 bits per heavy atom. The molecule has 1 aromatic carbocycles. The molecule has 0 unspecified atom stereocenters. The molecule has 0 radical (unpaired) electrons. The van der Waals surface area contributed by atoms with Gasteiger partial charge >= 0.3 is 0 Å². The highest BCUT2D eigenvalue weighted by Crippen LogP contribution is 2.18. The third-order valence-electron chi connectivity index (χ3n) is 2.55. The SMILES string of the molecule is COc1ccc(C(=O)COCCC(C)C)cc1F. The molecule has 0 heterocycles. The van der Waals surface area contributed by atoms with Gasteiger partial charge in [-0.1, -0.05) is 13.8 Å². The van der Waals surface area contributed by atoms with Crippen molar-refractivity contribution in [2.45, 2.75) is 20.3 Å².